The molecule has 1 atom stereocenters. The van der Waals surface area contributed by atoms with Crippen LogP contribution < -0.4 is 17.2 Å². The standard InChI is InChI=1S/C9H23NO7P2.C6H14N2O2.C2H5NO2/c1-3-4-5-7-10(2)8-6-9(11,18(12,13)14)19(15,16)17;7-4-2-1-3-5(8)6(9)10;3-1-2(4)5/h11H,3-8H2,1-2H3,(H2,12,13,14)(H2,15,16,17);5H,1-4,7-8H2,(H,9,10);1,3H2,(H,4,5). The summed E-state index contributed by atoms with van der Waals surface area (Å²) in [5, 5.41) is 22.3. The van der Waals surface area contributed by atoms with Gasteiger partial charge in [0.25, 0.3) is 5.08 Å². The van der Waals surface area contributed by atoms with Gasteiger partial charge in [0.1, 0.15) is 6.04 Å². The van der Waals surface area contributed by atoms with E-state index in [0.29, 0.717) is 19.5 Å². The molecule has 17 heteroatoms. The van der Waals surface area contributed by atoms with Gasteiger partial charge in [-0.2, -0.15) is 0 Å². The van der Waals surface area contributed by atoms with Gasteiger partial charge in [0, 0.05) is 13.0 Å². The summed E-state index contributed by atoms with van der Waals surface area (Å²) in [7, 11) is -9.00. The molecule has 0 bridgehead atoms. The Bertz CT molecular complexity index is 635. The summed E-state index contributed by atoms with van der Waals surface area (Å²) >= 11 is 0. The second kappa shape index (κ2) is 19.3. The molecule has 0 aliphatic rings. The molecule has 0 saturated heterocycles. The molecule has 15 nitrogen and oxygen atoms in total. The minimum absolute atomic E-state index is 0.0174. The molecule has 0 radical (unpaired) electrons. The normalized spacial score (nSPS) is 12.8. The molecular formula is C17H42N4O11P2. The lowest BCUT2D eigenvalue weighted by Crippen LogP contribution is -2.34. The zero-order valence-corrected chi connectivity index (χ0v) is 21.5. The molecule has 0 aliphatic heterocycles. The summed E-state index contributed by atoms with van der Waals surface area (Å²) in [5.41, 5.74) is 15.0. The van der Waals surface area contributed by atoms with Gasteiger partial charge in [-0.1, -0.05) is 26.2 Å². The summed E-state index contributed by atoms with van der Waals surface area (Å²) in [6.45, 7) is 2.97. The highest BCUT2D eigenvalue weighted by atomic mass is 31.2. The van der Waals surface area contributed by atoms with Gasteiger partial charge in [0.15, 0.2) is 0 Å². The van der Waals surface area contributed by atoms with Gasteiger partial charge >= 0.3 is 27.1 Å². The first kappa shape index (κ1) is 37.6. The maximum Gasteiger partial charge on any atom is 0.369 e. The molecule has 0 saturated carbocycles. The van der Waals surface area contributed by atoms with Crippen LogP contribution in [-0.2, 0) is 18.7 Å². The summed E-state index contributed by atoms with van der Waals surface area (Å²) in [6.07, 6.45) is 4.35. The molecule has 0 aromatic heterocycles. The summed E-state index contributed by atoms with van der Waals surface area (Å²) < 4.78 is 22.2. The van der Waals surface area contributed by atoms with Gasteiger partial charge in [-0.15, -0.1) is 0 Å². The number of carboxylic acid groups (broad SMARTS) is 2. The van der Waals surface area contributed by atoms with Crippen molar-refractivity contribution in [2.75, 3.05) is 33.2 Å². The predicted octanol–water partition coefficient (Wildman–Crippen LogP) is -0.943. The van der Waals surface area contributed by atoms with Crippen LogP contribution in [0.2, 0.25) is 0 Å². The third-order valence-electron chi connectivity index (χ3n) is 4.37. The van der Waals surface area contributed by atoms with E-state index in [9.17, 15) is 23.8 Å². The molecule has 206 valence electrons. The fourth-order valence-electron chi connectivity index (χ4n) is 2.18. The average molecular weight is 540 g/mol. The van der Waals surface area contributed by atoms with Crippen LogP contribution in [0.15, 0.2) is 0 Å². The fraction of sp³-hybridized carbons (Fsp3) is 0.882. The van der Waals surface area contributed by atoms with Crippen molar-refractivity contribution in [2.24, 2.45) is 17.2 Å². The number of nitrogens with two attached hydrogens (primary N) is 3. The van der Waals surface area contributed by atoms with E-state index in [-0.39, 0.29) is 13.1 Å². The smallest absolute Gasteiger partial charge is 0.369 e. The van der Waals surface area contributed by atoms with Crippen molar-refractivity contribution in [3.05, 3.63) is 0 Å². The number of aliphatic carboxylic acids is 2. The lowest BCUT2D eigenvalue weighted by molar-refractivity contribution is -0.138. The number of carbonyl (C=O) groups is 2. The maximum absolute atomic E-state index is 11.1. The quantitative estimate of drug-likeness (QED) is 0.0885. The minimum atomic E-state index is -5.33. The highest BCUT2D eigenvalue weighted by Gasteiger charge is 2.58. The van der Waals surface area contributed by atoms with Crippen LogP contribution in [0.1, 0.15) is 51.9 Å². The molecule has 0 amide bonds. The zero-order chi connectivity index (χ0) is 27.6. The van der Waals surface area contributed by atoms with E-state index in [4.69, 9.17) is 41.3 Å². The Balaban J connectivity index is -0.000000531. The molecule has 0 rings (SSSR count). The van der Waals surface area contributed by atoms with Crippen molar-refractivity contribution in [1.29, 1.82) is 0 Å². The molecule has 0 spiro atoms. The third kappa shape index (κ3) is 18.4. The van der Waals surface area contributed by atoms with E-state index in [1.807, 2.05) is 6.92 Å². The number of aliphatic hydroxyl groups is 1. The lowest BCUT2D eigenvalue weighted by atomic mass is 10.1. The molecule has 1 unspecified atom stereocenters. The van der Waals surface area contributed by atoms with Crippen LogP contribution in [0.5, 0.6) is 0 Å². The van der Waals surface area contributed by atoms with Crippen LogP contribution in [0.3, 0.4) is 0 Å². The number of unbranched alkanes of at least 4 members (excludes halogenated alkanes) is 3. The fourth-order valence-corrected chi connectivity index (χ4v) is 4.32. The van der Waals surface area contributed by atoms with E-state index in [0.717, 1.165) is 32.1 Å². The van der Waals surface area contributed by atoms with Crippen molar-refractivity contribution < 1.29 is 53.6 Å². The average Bonchev–Trinajstić information content (AvgIpc) is 2.71. The number of carboxylic acids is 2. The van der Waals surface area contributed by atoms with E-state index < -0.39 is 44.7 Å². The summed E-state index contributed by atoms with van der Waals surface area (Å²) in [6, 6.07) is -0.716. The van der Waals surface area contributed by atoms with Crippen molar-refractivity contribution >= 4 is 27.1 Å². The number of hydrogen-bond acceptors (Lipinski definition) is 9. The largest absolute Gasteiger partial charge is 0.480 e. The first-order valence-corrected chi connectivity index (χ1v) is 13.8. The Morgan fingerprint density at radius 1 is 0.941 bits per heavy atom. The van der Waals surface area contributed by atoms with E-state index in [2.05, 4.69) is 5.73 Å². The highest BCUT2D eigenvalue weighted by Crippen LogP contribution is 2.68. The maximum atomic E-state index is 11.1. The Morgan fingerprint density at radius 2 is 1.41 bits per heavy atom. The number of nitrogens with zero attached hydrogens (tertiary/aromatic N) is 1. The molecule has 0 fully saturated rings. The molecule has 34 heavy (non-hydrogen) atoms. The Kier molecular flexibility index (Phi) is 21.3. The van der Waals surface area contributed by atoms with Gasteiger partial charge in [0.05, 0.1) is 6.54 Å². The van der Waals surface area contributed by atoms with E-state index >= 15 is 0 Å². The predicted molar refractivity (Wildman–Crippen MR) is 126 cm³/mol. The highest BCUT2D eigenvalue weighted by molar-refractivity contribution is 7.72. The first-order valence-electron chi connectivity index (χ1n) is 10.5. The lowest BCUT2D eigenvalue weighted by Gasteiger charge is -2.30. The Labute approximate surface area is 199 Å². The molecule has 13 N–H and O–H groups in total. The van der Waals surface area contributed by atoms with Crippen LogP contribution in [0.25, 0.3) is 0 Å². The van der Waals surface area contributed by atoms with Gasteiger partial charge in [-0.05, 0) is 39.4 Å². The molecule has 0 aliphatic carbocycles. The van der Waals surface area contributed by atoms with Crippen molar-refractivity contribution in [2.45, 2.75) is 63.0 Å². The van der Waals surface area contributed by atoms with Gasteiger partial charge in [-0.3, -0.25) is 18.7 Å². The van der Waals surface area contributed by atoms with Crippen LogP contribution >= 0.6 is 15.2 Å². The van der Waals surface area contributed by atoms with Crippen LogP contribution in [0.4, 0.5) is 0 Å². The van der Waals surface area contributed by atoms with Gasteiger partial charge in [-0.25, -0.2) is 0 Å². The Morgan fingerprint density at radius 3 is 1.74 bits per heavy atom. The first-order chi connectivity index (χ1) is 15.4. The third-order valence-corrected chi connectivity index (χ3v) is 8.24. The van der Waals surface area contributed by atoms with Gasteiger partial charge in [0.2, 0.25) is 0 Å². The van der Waals surface area contributed by atoms with E-state index in [1.165, 1.54) is 0 Å². The van der Waals surface area contributed by atoms with Gasteiger partial charge < -0.3 is 57.0 Å². The summed E-state index contributed by atoms with van der Waals surface area (Å²) in [4.78, 5) is 56.9. The SMILES string of the molecule is CCCCCN(C)CCC(O)(P(=O)(O)O)P(=O)(O)O.NCC(=O)O.NCCCCC(N)C(=O)O. The Hall–Kier alpha value is -0.960. The van der Waals surface area contributed by atoms with Crippen LogP contribution in [-0.4, -0.2) is 96.1 Å². The molecule has 0 aromatic carbocycles. The van der Waals surface area contributed by atoms with Crippen molar-refractivity contribution in [1.82, 2.24) is 4.90 Å². The topological polar surface area (TPSA) is 291 Å². The van der Waals surface area contributed by atoms with Crippen molar-refractivity contribution in [3.8, 4) is 0 Å². The second-order valence-electron chi connectivity index (χ2n) is 7.45. The second-order valence-corrected chi connectivity index (χ2v) is 11.5. The van der Waals surface area contributed by atoms with E-state index in [1.54, 1.807) is 11.9 Å². The monoisotopic (exact) mass is 540 g/mol. The molecular weight excluding hydrogens is 498 g/mol. The van der Waals surface area contributed by atoms with Crippen LogP contribution in [0, 0.1) is 0 Å². The molecule has 0 heterocycles. The minimum Gasteiger partial charge on any atom is -0.480 e. The number of hydrogen-bond donors (Lipinski definition) is 10. The van der Waals surface area contributed by atoms with Crippen molar-refractivity contribution in [3.63, 3.8) is 0 Å². The summed E-state index contributed by atoms with van der Waals surface area (Å²) in [5.74, 6) is -1.90. The molecule has 0 aromatic rings. The zero-order valence-electron chi connectivity index (χ0n) is 19.7. The number of rotatable bonds is 15.